The van der Waals surface area contributed by atoms with Gasteiger partial charge in [-0.2, -0.15) is 0 Å². The first-order valence-corrected chi connectivity index (χ1v) is 10.1. The molecule has 4 heteroatoms. The zero-order chi connectivity index (χ0) is 20.4. The Bertz CT molecular complexity index is 780. The summed E-state index contributed by atoms with van der Waals surface area (Å²) in [5.41, 5.74) is 9.28. The number of nitrogens with one attached hydrogen (secondary N) is 2. The van der Waals surface area contributed by atoms with E-state index in [0.29, 0.717) is 6.42 Å². The molecule has 1 fully saturated rings. The fraction of sp³-hybridized carbons (Fsp3) is 0.458. The lowest BCUT2D eigenvalue weighted by Gasteiger charge is -2.47. The number of rotatable bonds is 6. The Morgan fingerprint density at radius 3 is 2.07 bits per heavy atom. The second-order valence-electron chi connectivity index (χ2n) is 9.39. The van der Waals surface area contributed by atoms with Gasteiger partial charge in [-0.1, -0.05) is 54.6 Å². The quantitative estimate of drug-likeness (QED) is 0.718. The number of hydrogen-bond acceptors (Lipinski definition) is 3. The summed E-state index contributed by atoms with van der Waals surface area (Å²) < 4.78 is 0. The number of amides is 1. The molecule has 0 aliphatic carbocycles. The minimum atomic E-state index is -0.364. The predicted octanol–water partition coefficient (Wildman–Crippen LogP) is 3.65. The summed E-state index contributed by atoms with van der Waals surface area (Å²) in [7, 11) is 0. The average molecular weight is 380 g/mol. The van der Waals surface area contributed by atoms with Crippen LogP contribution >= 0.6 is 0 Å². The molecule has 1 amide bonds. The summed E-state index contributed by atoms with van der Waals surface area (Å²) in [6, 6.07) is 18.6. The van der Waals surface area contributed by atoms with Crippen molar-refractivity contribution in [3.8, 4) is 11.1 Å². The topological polar surface area (TPSA) is 67.1 Å². The number of carbonyl (C=O) groups excluding carboxylic acids is 1. The highest BCUT2D eigenvalue weighted by atomic mass is 16.1. The van der Waals surface area contributed by atoms with Crippen molar-refractivity contribution in [1.29, 1.82) is 0 Å². The van der Waals surface area contributed by atoms with Gasteiger partial charge in [0.25, 0.3) is 0 Å². The highest BCUT2D eigenvalue weighted by molar-refractivity contribution is 5.80. The molecule has 2 aromatic carbocycles. The smallest absolute Gasteiger partial charge is 0.234 e. The lowest BCUT2D eigenvalue weighted by atomic mass is 9.79. The van der Waals surface area contributed by atoms with Crippen LogP contribution in [0.3, 0.4) is 0 Å². The SMILES string of the molecule is CC1(C)CC(N[C@@H](Cc2ccc(-c3ccccc3)cc2)C(N)=O)CC(C)(C)N1. The molecule has 0 aromatic heterocycles. The maximum absolute atomic E-state index is 12.1. The fourth-order valence-electron chi connectivity index (χ4n) is 4.67. The Balaban J connectivity index is 1.69. The molecule has 2 aromatic rings. The summed E-state index contributed by atoms with van der Waals surface area (Å²) in [6.07, 6.45) is 2.54. The zero-order valence-electron chi connectivity index (χ0n) is 17.5. The number of carbonyl (C=O) groups is 1. The third-order valence-electron chi connectivity index (χ3n) is 5.47. The molecule has 0 unspecified atom stereocenters. The molecule has 0 radical (unpaired) electrons. The van der Waals surface area contributed by atoms with Gasteiger partial charge in [0.2, 0.25) is 5.91 Å². The first kappa shape index (κ1) is 20.6. The fourth-order valence-corrected chi connectivity index (χ4v) is 4.67. The van der Waals surface area contributed by atoms with Gasteiger partial charge >= 0.3 is 0 Å². The van der Waals surface area contributed by atoms with Gasteiger partial charge in [-0.15, -0.1) is 0 Å². The van der Waals surface area contributed by atoms with Gasteiger partial charge < -0.3 is 16.4 Å². The summed E-state index contributed by atoms with van der Waals surface area (Å²) in [4.78, 5) is 12.1. The molecule has 4 nitrogen and oxygen atoms in total. The van der Waals surface area contributed by atoms with Crippen LogP contribution in [0.5, 0.6) is 0 Å². The Morgan fingerprint density at radius 1 is 1.00 bits per heavy atom. The second kappa shape index (κ2) is 8.06. The highest BCUT2D eigenvalue weighted by Gasteiger charge is 2.38. The summed E-state index contributed by atoms with van der Waals surface area (Å²) >= 11 is 0. The average Bonchev–Trinajstić information content (AvgIpc) is 2.60. The number of primary amides is 1. The predicted molar refractivity (Wildman–Crippen MR) is 116 cm³/mol. The van der Waals surface area contributed by atoms with E-state index in [-0.39, 0.29) is 29.1 Å². The summed E-state index contributed by atoms with van der Waals surface area (Å²) in [6.45, 7) is 8.85. The van der Waals surface area contributed by atoms with E-state index in [9.17, 15) is 4.79 Å². The van der Waals surface area contributed by atoms with Crippen LogP contribution in [0.1, 0.15) is 46.1 Å². The normalized spacial score (nSPS) is 19.9. The van der Waals surface area contributed by atoms with Gasteiger partial charge in [0.1, 0.15) is 0 Å². The van der Waals surface area contributed by atoms with Crippen molar-refractivity contribution in [3.05, 3.63) is 60.2 Å². The van der Waals surface area contributed by atoms with Gasteiger partial charge in [0.15, 0.2) is 0 Å². The van der Waals surface area contributed by atoms with E-state index in [2.05, 4.69) is 74.7 Å². The standard InChI is InChI=1S/C24H33N3O/c1-23(2)15-20(16-24(3,4)27-23)26-21(22(25)28)14-17-10-12-19(13-11-17)18-8-6-5-7-9-18/h5-13,20-21,26-27H,14-16H2,1-4H3,(H2,25,28)/t21-/m0/s1. The molecule has 4 N–H and O–H groups in total. The van der Waals surface area contributed by atoms with Crippen LogP contribution in [0.2, 0.25) is 0 Å². The maximum atomic E-state index is 12.1. The Morgan fingerprint density at radius 2 is 1.54 bits per heavy atom. The summed E-state index contributed by atoms with van der Waals surface area (Å²) in [5.74, 6) is -0.290. The van der Waals surface area contributed by atoms with Crippen molar-refractivity contribution in [1.82, 2.24) is 10.6 Å². The third-order valence-corrected chi connectivity index (χ3v) is 5.47. The molecule has 1 aliphatic rings. The van der Waals surface area contributed by atoms with Crippen LogP contribution in [0.15, 0.2) is 54.6 Å². The van der Waals surface area contributed by atoms with Gasteiger partial charge in [0.05, 0.1) is 6.04 Å². The van der Waals surface area contributed by atoms with Crippen molar-refractivity contribution in [2.24, 2.45) is 5.73 Å². The first-order chi connectivity index (χ1) is 13.1. The van der Waals surface area contributed by atoms with Crippen LogP contribution in [0.25, 0.3) is 11.1 Å². The van der Waals surface area contributed by atoms with E-state index in [1.165, 1.54) is 11.1 Å². The monoisotopic (exact) mass is 379 g/mol. The van der Waals surface area contributed by atoms with Crippen LogP contribution in [0, 0.1) is 0 Å². The van der Waals surface area contributed by atoms with Gasteiger partial charge in [-0.05, 0) is 63.6 Å². The van der Waals surface area contributed by atoms with Crippen molar-refractivity contribution in [2.45, 2.75) is 70.1 Å². The molecule has 150 valence electrons. The zero-order valence-corrected chi connectivity index (χ0v) is 17.5. The van der Waals surface area contributed by atoms with E-state index in [1.807, 2.05) is 18.2 Å². The number of benzene rings is 2. The lowest BCUT2D eigenvalue weighted by Crippen LogP contribution is -2.63. The van der Waals surface area contributed by atoms with Gasteiger partial charge in [-0.3, -0.25) is 4.79 Å². The minimum Gasteiger partial charge on any atom is -0.368 e. The molecule has 1 aliphatic heterocycles. The number of piperidine rings is 1. The molecular weight excluding hydrogens is 346 g/mol. The van der Waals surface area contributed by atoms with Crippen LogP contribution in [0.4, 0.5) is 0 Å². The highest BCUT2D eigenvalue weighted by Crippen LogP contribution is 2.29. The van der Waals surface area contributed by atoms with Gasteiger partial charge in [0, 0.05) is 17.1 Å². The number of hydrogen-bond donors (Lipinski definition) is 3. The van der Waals surface area contributed by atoms with Crippen molar-refractivity contribution in [3.63, 3.8) is 0 Å². The van der Waals surface area contributed by atoms with E-state index < -0.39 is 0 Å². The Hall–Kier alpha value is -2.17. The molecule has 0 spiro atoms. The van der Waals surface area contributed by atoms with E-state index >= 15 is 0 Å². The molecular formula is C24H33N3O. The van der Waals surface area contributed by atoms with E-state index in [4.69, 9.17) is 5.73 Å². The van der Waals surface area contributed by atoms with Crippen LogP contribution in [-0.2, 0) is 11.2 Å². The molecule has 0 saturated carbocycles. The Kier molecular flexibility index (Phi) is 5.92. The van der Waals surface area contributed by atoms with Crippen molar-refractivity contribution < 1.29 is 4.79 Å². The largest absolute Gasteiger partial charge is 0.368 e. The number of nitrogens with two attached hydrogens (primary N) is 1. The first-order valence-electron chi connectivity index (χ1n) is 10.1. The molecule has 1 saturated heterocycles. The maximum Gasteiger partial charge on any atom is 0.234 e. The van der Waals surface area contributed by atoms with Gasteiger partial charge in [-0.25, -0.2) is 0 Å². The van der Waals surface area contributed by atoms with Crippen LogP contribution < -0.4 is 16.4 Å². The lowest BCUT2D eigenvalue weighted by molar-refractivity contribution is -0.120. The minimum absolute atomic E-state index is 0.0267. The van der Waals surface area contributed by atoms with Crippen molar-refractivity contribution in [2.75, 3.05) is 0 Å². The third kappa shape index (κ3) is 5.43. The molecule has 28 heavy (non-hydrogen) atoms. The molecule has 1 atom stereocenters. The van der Waals surface area contributed by atoms with E-state index in [1.54, 1.807) is 0 Å². The van der Waals surface area contributed by atoms with E-state index in [0.717, 1.165) is 18.4 Å². The Labute approximate surface area is 168 Å². The molecule has 0 bridgehead atoms. The summed E-state index contributed by atoms with van der Waals surface area (Å²) in [5, 5.41) is 7.23. The van der Waals surface area contributed by atoms with Crippen molar-refractivity contribution >= 4 is 5.91 Å². The molecule has 3 rings (SSSR count). The molecule has 1 heterocycles. The second-order valence-corrected chi connectivity index (χ2v) is 9.39. The van der Waals surface area contributed by atoms with Crippen LogP contribution in [-0.4, -0.2) is 29.1 Å².